The van der Waals surface area contributed by atoms with Gasteiger partial charge in [-0.25, -0.2) is 9.97 Å². The number of benzene rings is 1. The number of hydrogen-bond acceptors (Lipinski definition) is 5. The zero-order valence-electron chi connectivity index (χ0n) is 14.7. The maximum atomic E-state index is 12.7. The molecular formula is C20H21N5O. The monoisotopic (exact) mass is 347 g/mol. The van der Waals surface area contributed by atoms with Crippen molar-refractivity contribution in [1.29, 1.82) is 0 Å². The molecule has 1 aliphatic rings. The van der Waals surface area contributed by atoms with Crippen LogP contribution < -0.4 is 10.2 Å². The van der Waals surface area contributed by atoms with E-state index in [0.717, 1.165) is 41.8 Å². The van der Waals surface area contributed by atoms with Crippen LogP contribution >= 0.6 is 0 Å². The number of aromatic nitrogens is 3. The van der Waals surface area contributed by atoms with Gasteiger partial charge >= 0.3 is 0 Å². The second-order valence-corrected chi connectivity index (χ2v) is 6.66. The summed E-state index contributed by atoms with van der Waals surface area (Å²) in [6.45, 7) is 3.48. The van der Waals surface area contributed by atoms with Crippen LogP contribution in [0.1, 0.15) is 18.4 Å². The van der Waals surface area contributed by atoms with Crippen LogP contribution in [0.2, 0.25) is 0 Å². The third-order valence-electron chi connectivity index (χ3n) is 4.80. The molecule has 0 bridgehead atoms. The normalized spacial score (nSPS) is 17.3. The van der Waals surface area contributed by atoms with Crippen molar-refractivity contribution in [3.63, 3.8) is 0 Å². The number of para-hydroxylation sites is 2. The highest BCUT2D eigenvalue weighted by molar-refractivity contribution is 5.92. The van der Waals surface area contributed by atoms with Crippen LogP contribution in [0.15, 0.2) is 48.8 Å². The molecule has 132 valence electrons. The Morgan fingerprint density at radius 3 is 2.85 bits per heavy atom. The van der Waals surface area contributed by atoms with Gasteiger partial charge in [0.05, 0.1) is 23.1 Å². The molecular weight excluding hydrogens is 326 g/mol. The van der Waals surface area contributed by atoms with Crippen LogP contribution in [-0.4, -0.2) is 33.9 Å². The number of anilines is 2. The van der Waals surface area contributed by atoms with Gasteiger partial charge in [-0.15, -0.1) is 0 Å². The van der Waals surface area contributed by atoms with E-state index in [9.17, 15) is 4.79 Å². The Labute approximate surface area is 152 Å². The molecule has 6 nitrogen and oxygen atoms in total. The topological polar surface area (TPSA) is 71.0 Å². The van der Waals surface area contributed by atoms with E-state index in [1.807, 2.05) is 43.3 Å². The zero-order valence-corrected chi connectivity index (χ0v) is 14.7. The largest absolute Gasteiger partial charge is 0.355 e. The van der Waals surface area contributed by atoms with Crippen molar-refractivity contribution in [1.82, 2.24) is 15.0 Å². The first-order chi connectivity index (χ1) is 12.7. The van der Waals surface area contributed by atoms with Gasteiger partial charge in [0.15, 0.2) is 0 Å². The smallest absolute Gasteiger partial charge is 0.230 e. The maximum Gasteiger partial charge on any atom is 0.230 e. The number of nitrogens with zero attached hydrogens (tertiary/aromatic N) is 4. The van der Waals surface area contributed by atoms with Crippen LogP contribution in [0.3, 0.4) is 0 Å². The van der Waals surface area contributed by atoms with Gasteiger partial charge in [-0.1, -0.05) is 18.2 Å². The van der Waals surface area contributed by atoms with Gasteiger partial charge < -0.3 is 10.2 Å². The Balaban J connectivity index is 1.49. The molecule has 1 aliphatic heterocycles. The predicted molar refractivity (Wildman–Crippen MR) is 102 cm³/mol. The van der Waals surface area contributed by atoms with Crippen molar-refractivity contribution in [2.24, 2.45) is 5.92 Å². The van der Waals surface area contributed by atoms with Gasteiger partial charge in [-0.3, -0.25) is 9.78 Å². The molecule has 0 aliphatic carbocycles. The van der Waals surface area contributed by atoms with Crippen molar-refractivity contribution in [2.75, 3.05) is 23.3 Å². The molecule has 1 saturated heterocycles. The van der Waals surface area contributed by atoms with Crippen LogP contribution in [0, 0.1) is 12.8 Å². The minimum absolute atomic E-state index is 0.0187. The van der Waals surface area contributed by atoms with Gasteiger partial charge in [0.2, 0.25) is 5.91 Å². The van der Waals surface area contributed by atoms with Crippen LogP contribution in [0.25, 0.3) is 11.0 Å². The van der Waals surface area contributed by atoms with Crippen LogP contribution in [-0.2, 0) is 4.79 Å². The van der Waals surface area contributed by atoms with E-state index in [1.165, 1.54) is 0 Å². The molecule has 0 spiro atoms. The summed E-state index contributed by atoms with van der Waals surface area (Å²) in [5.74, 6) is 1.40. The summed E-state index contributed by atoms with van der Waals surface area (Å²) in [5.41, 5.74) is 2.72. The molecule has 1 N–H and O–H groups in total. The van der Waals surface area contributed by atoms with Crippen molar-refractivity contribution in [3.8, 4) is 0 Å². The highest BCUT2D eigenvalue weighted by Gasteiger charge is 2.27. The van der Waals surface area contributed by atoms with Crippen LogP contribution in [0.5, 0.6) is 0 Å². The molecule has 1 fully saturated rings. The third kappa shape index (κ3) is 3.35. The molecule has 1 atom stereocenters. The standard InChI is InChI=1S/C20H21N5O/c1-14-6-4-10-21-19(14)24-20(26)15-7-5-11-25(13-15)18-12-22-16-8-2-3-9-17(16)23-18/h2-4,6,8-10,12,15H,5,7,11,13H2,1H3,(H,21,24,26)/t15-/m1/s1. The molecule has 1 amide bonds. The maximum absolute atomic E-state index is 12.7. The minimum Gasteiger partial charge on any atom is -0.355 e. The Kier molecular flexibility index (Phi) is 4.48. The average Bonchev–Trinajstić information content (AvgIpc) is 2.69. The molecule has 2 aromatic heterocycles. The Morgan fingerprint density at radius 1 is 1.15 bits per heavy atom. The first-order valence-electron chi connectivity index (χ1n) is 8.90. The number of carbonyl (C=O) groups excluding carboxylic acids is 1. The Hall–Kier alpha value is -3.02. The van der Waals surface area contributed by atoms with Gasteiger partial charge in [0.1, 0.15) is 11.6 Å². The number of amides is 1. The fourth-order valence-electron chi connectivity index (χ4n) is 3.33. The van der Waals surface area contributed by atoms with Crippen molar-refractivity contribution < 1.29 is 4.79 Å². The highest BCUT2D eigenvalue weighted by Crippen LogP contribution is 2.24. The Morgan fingerprint density at radius 2 is 2.00 bits per heavy atom. The average molecular weight is 347 g/mol. The molecule has 3 heterocycles. The summed E-state index contributed by atoms with van der Waals surface area (Å²) < 4.78 is 0. The first-order valence-corrected chi connectivity index (χ1v) is 8.90. The van der Waals surface area contributed by atoms with E-state index in [-0.39, 0.29) is 11.8 Å². The number of nitrogens with one attached hydrogen (secondary N) is 1. The number of aryl methyl sites for hydroxylation is 1. The lowest BCUT2D eigenvalue weighted by atomic mass is 9.97. The number of pyridine rings is 1. The fourth-order valence-corrected chi connectivity index (χ4v) is 3.33. The number of hydrogen-bond donors (Lipinski definition) is 1. The number of piperidine rings is 1. The summed E-state index contributed by atoms with van der Waals surface area (Å²) in [5, 5.41) is 2.97. The van der Waals surface area contributed by atoms with E-state index < -0.39 is 0 Å². The lowest BCUT2D eigenvalue weighted by molar-refractivity contribution is -0.120. The third-order valence-corrected chi connectivity index (χ3v) is 4.80. The molecule has 0 radical (unpaired) electrons. The molecule has 4 rings (SSSR count). The van der Waals surface area contributed by atoms with E-state index in [0.29, 0.717) is 12.4 Å². The zero-order chi connectivity index (χ0) is 17.9. The summed E-state index contributed by atoms with van der Waals surface area (Å²) in [4.78, 5) is 28.3. The summed E-state index contributed by atoms with van der Waals surface area (Å²) in [6, 6.07) is 11.6. The van der Waals surface area contributed by atoms with Crippen molar-refractivity contribution >= 4 is 28.6 Å². The van der Waals surface area contributed by atoms with Crippen molar-refractivity contribution in [2.45, 2.75) is 19.8 Å². The van der Waals surface area contributed by atoms with Crippen LogP contribution in [0.4, 0.5) is 11.6 Å². The molecule has 3 aromatic rings. The van der Waals surface area contributed by atoms with Gasteiger partial charge in [-0.05, 0) is 43.5 Å². The molecule has 6 heteroatoms. The second kappa shape index (κ2) is 7.07. The van der Waals surface area contributed by atoms with E-state index >= 15 is 0 Å². The molecule has 0 unspecified atom stereocenters. The van der Waals surface area contributed by atoms with Crippen molar-refractivity contribution in [3.05, 3.63) is 54.4 Å². The number of rotatable bonds is 3. The SMILES string of the molecule is Cc1cccnc1NC(=O)[C@@H]1CCCN(c2cnc3ccccc3n2)C1. The first kappa shape index (κ1) is 16.4. The minimum atomic E-state index is -0.0848. The van der Waals surface area contributed by atoms with E-state index in [2.05, 4.69) is 20.2 Å². The quantitative estimate of drug-likeness (QED) is 0.788. The number of carbonyl (C=O) groups is 1. The molecule has 0 saturated carbocycles. The highest BCUT2D eigenvalue weighted by atomic mass is 16.2. The Bertz CT molecular complexity index is 942. The van der Waals surface area contributed by atoms with Gasteiger partial charge in [0.25, 0.3) is 0 Å². The molecule has 26 heavy (non-hydrogen) atoms. The molecule has 1 aromatic carbocycles. The predicted octanol–water partition coefficient (Wildman–Crippen LogP) is 3.19. The summed E-state index contributed by atoms with van der Waals surface area (Å²) >= 11 is 0. The second-order valence-electron chi connectivity index (χ2n) is 6.66. The lowest BCUT2D eigenvalue weighted by Crippen LogP contribution is -2.41. The lowest BCUT2D eigenvalue weighted by Gasteiger charge is -2.32. The summed E-state index contributed by atoms with van der Waals surface area (Å²) in [6.07, 6.45) is 5.31. The fraction of sp³-hybridized carbons (Fsp3) is 0.300. The van der Waals surface area contributed by atoms with Gasteiger partial charge in [-0.2, -0.15) is 0 Å². The van der Waals surface area contributed by atoms with E-state index in [4.69, 9.17) is 4.98 Å². The van der Waals surface area contributed by atoms with Gasteiger partial charge in [0, 0.05) is 19.3 Å². The summed E-state index contributed by atoms with van der Waals surface area (Å²) in [7, 11) is 0. The van der Waals surface area contributed by atoms with E-state index in [1.54, 1.807) is 12.4 Å². The number of fused-ring (bicyclic) bond motifs is 1.